The summed E-state index contributed by atoms with van der Waals surface area (Å²) in [6, 6.07) is 4.23. The SMILES string of the molecule is COc1ccc(NC(=O)Cc2csc(C)n2)cc1S(N)(=O)=O. The third-order valence-electron chi connectivity index (χ3n) is 2.76. The Morgan fingerprint density at radius 2 is 2.18 bits per heavy atom. The highest BCUT2D eigenvalue weighted by Gasteiger charge is 2.16. The normalized spacial score (nSPS) is 11.2. The van der Waals surface area contributed by atoms with Gasteiger partial charge in [-0.3, -0.25) is 4.79 Å². The van der Waals surface area contributed by atoms with Gasteiger partial charge in [0.05, 0.1) is 24.2 Å². The fourth-order valence-electron chi connectivity index (χ4n) is 1.84. The highest BCUT2D eigenvalue weighted by Crippen LogP contribution is 2.26. The summed E-state index contributed by atoms with van der Waals surface area (Å²) in [5, 5.41) is 10.4. The van der Waals surface area contributed by atoms with Crippen molar-refractivity contribution in [1.29, 1.82) is 0 Å². The number of benzene rings is 1. The summed E-state index contributed by atoms with van der Waals surface area (Å²) in [7, 11) is -2.61. The van der Waals surface area contributed by atoms with E-state index in [-0.39, 0.29) is 23.0 Å². The number of nitrogens with two attached hydrogens (primary N) is 1. The average molecular weight is 341 g/mol. The van der Waals surface area contributed by atoms with E-state index >= 15 is 0 Å². The number of nitrogens with one attached hydrogen (secondary N) is 1. The maximum atomic E-state index is 11.9. The molecule has 118 valence electrons. The number of anilines is 1. The van der Waals surface area contributed by atoms with Crippen molar-refractivity contribution >= 4 is 33.0 Å². The number of carbonyl (C=O) groups is 1. The Morgan fingerprint density at radius 1 is 1.45 bits per heavy atom. The summed E-state index contributed by atoms with van der Waals surface area (Å²) in [5.74, 6) is -0.175. The van der Waals surface area contributed by atoms with Crippen LogP contribution in [0.15, 0.2) is 28.5 Å². The lowest BCUT2D eigenvalue weighted by Crippen LogP contribution is -2.17. The van der Waals surface area contributed by atoms with Crippen LogP contribution in [0.25, 0.3) is 0 Å². The lowest BCUT2D eigenvalue weighted by Gasteiger charge is -2.10. The number of sulfonamides is 1. The number of primary sulfonamides is 1. The van der Waals surface area contributed by atoms with E-state index < -0.39 is 10.0 Å². The molecule has 0 aliphatic rings. The third-order valence-corrected chi connectivity index (χ3v) is 4.52. The monoisotopic (exact) mass is 341 g/mol. The minimum atomic E-state index is -3.95. The van der Waals surface area contributed by atoms with E-state index in [2.05, 4.69) is 10.3 Å². The van der Waals surface area contributed by atoms with E-state index in [1.54, 1.807) is 5.38 Å². The Balaban J connectivity index is 2.17. The van der Waals surface area contributed by atoms with Gasteiger partial charge in [0, 0.05) is 11.1 Å². The summed E-state index contributed by atoms with van der Waals surface area (Å²) < 4.78 is 28.0. The van der Waals surface area contributed by atoms with Crippen molar-refractivity contribution in [1.82, 2.24) is 4.98 Å². The molecule has 0 unspecified atom stereocenters. The average Bonchev–Trinajstić information content (AvgIpc) is 2.82. The first-order chi connectivity index (χ1) is 10.3. The zero-order valence-electron chi connectivity index (χ0n) is 12.0. The zero-order valence-corrected chi connectivity index (χ0v) is 13.6. The van der Waals surface area contributed by atoms with Gasteiger partial charge in [0.15, 0.2) is 0 Å². The summed E-state index contributed by atoms with van der Waals surface area (Å²) in [6.07, 6.45) is 0.112. The molecule has 1 aromatic heterocycles. The van der Waals surface area contributed by atoms with E-state index in [0.717, 1.165) is 5.01 Å². The number of aromatic nitrogens is 1. The van der Waals surface area contributed by atoms with Crippen LogP contribution in [-0.4, -0.2) is 26.4 Å². The standard InChI is InChI=1S/C13H15N3O4S2/c1-8-15-10(7-21-8)6-13(17)16-9-3-4-11(20-2)12(5-9)22(14,18)19/h3-5,7H,6H2,1-2H3,(H,16,17)(H2,14,18,19). The number of hydrogen-bond acceptors (Lipinski definition) is 6. The summed E-state index contributed by atoms with van der Waals surface area (Å²) in [4.78, 5) is 16.0. The van der Waals surface area contributed by atoms with Crippen molar-refractivity contribution in [3.63, 3.8) is 0 Å². The second-order valence-corrected chi connectivity index (χ2v) is 7.09. The van der Waals surface area contributed by atoms with Crippen LogP contribution in [0.1, 0.15) is 10.7 Å². The van der Waals surface area contributed by atoms with Crippen LogP contribution < -0.4 is 15.2 Å². The molecule has 0 aliphatic heterocycles. The number of ether oxygens (including phenoxy) is 1. The molecule has 0 fully saturated rings. The van der Waals surface area contributed by atoms with Crippen LogP contribution in [0.3, 0.4) is 0 Å². The predicted molar refractivity (Wildman–Crippen MR) is 83.6 cm³/mol. The molecule has 0 spiro atoms. The Hall–Kier alpha value is -1.97. The van der Waals surface area contributed by atoms with Gasteiger partial charge in [0.1, 0.15) is 10.6 Å². The van der Waals surface area contributed by atoms with Gasteiger partial charge in [-0.25, -0.2) is 18.5 Å². The molecule has 2 aromatic rings. The maximum Gasteiger partial charge on any atom is 0.241 e. The maximum absolute atomic E-state index is 11.9. The highest BCUT2D eigenvalue weighted by atomic mass is 32.2. The quantitative estimate of drug-likeness (QED) is 0.851. The largest absolute Gasteiger partial charge is 0.495 e. The van der Waals surface area contributed by atoms with Gasteiger partial charge in [-0.15, -0.1) is 11.3 Å². The van der Waals surface area contributed by atoms with Gasteiger partial charge in [-0.1, -0.05) is 0 Å². The molecule has 0 atom stereocenters. The van der Waals surface area contributed by atoms with E-state index in [9.17, 15) is 13.2 Å². The second kappa shape index (κ2) is 6.42. The molecular formula is C13H15N3O4S2. The molecule has 1 heterocycles. The predicted octanol–water partition coefficient (Wildman–Crippen LogP) is 1.29. The van der Waals surface area contributed by atoms with Crippen molar-refractivity contribution in [3.8, 4) is 5.75 Å². The Morgan fingerprint density at radius 3 is 2.73 bits per heavy atom. The van der Waals surface area contributed by atoms with Crippen LogP contribution in [0, 0.1) is 6.92 Å². The molecule has 0 saturated heterocycles. The van der Waals surface area contributed by atoms with Gasteiger partial charge >= 0.3 is 0 Å². The number of amides is 1. The smallest absolute Gasteiger partial charge is 0.241 e. The van der Waals surface area contributed by atoms with E-state index in [4.69, 9.17) is 9.88 Å². The lowest BCUT2D eigenvalue weighted by molar-refractivity contribution is -0.115. The topological polar surface area (TPSA) is 111 Å². The van der Waals surface area contributed by atoms with Crippen molar-refractivity contribution in [2.24, 2.45) is 5.14 Å². The molecule has 0 bridgehead atoms. The molecule has 0 aliphatic carbocycles. The van der Waals surface area contributed by atoms with Crippen LogP contribution in [0.5, 0.6) is 5.75 Å². The van der Waals surface area contributed by atoms with E-state index in [1.165, 1.54) is 36.6 Å². The number of carbonyl (C=O) groups excluding carboxylic acids is 1. The fourth-order valence-corrected chi connectivity index (χ4v) is 3.17. The molecule has 0 saturated carbocycles. The highest BCUT2D eigenvalue weighted by molar-refractivity contribution is 7.89. The van der Waals surface area contributed by atoms with Crippen LogP contribution in [0.2, 0.25) is 0 Å². The molecule has 9 heteroatoms. The molecule has 22 heavy (non-hydrogen) atoms. The molecule has 1 amide bonds. The van der Waals surface area contributed by atoms with E-state index in [0.29, 0.717) is 11.4 Å². The molecule has 1 aromatic carbocycles. The number of methoxy groups -OCH3 is 1. The van der Waals surface area contributed by atoms with Gasteiger partial charge in [-0.05, 0) is 25.1 Å². The Kier molecular flexibility index (Phi) is 4.79. The van der Waals surface area contributed by atoms with Gasteiger partial charge in [-0.2, -0.15) is 0 Å². The van der Waals surface area contributed by atoms with Gasteiger partial charge < -0.3 is 10.1 Å². The minimum absolute atomic E-state index is 0.112. The minimum Gasteiger partial charge on any atom is -0.495 e. The van der Waals surface area contributed by atoms with Crippen molar-refractivity contribution in [2.75, 3.05) is 12.4 Å². The number of rotatable bonds is 5. The molecule has 2 rings (SSSR count). The van der Waals surface area contributed by atoms with Crippen LogP contribution in [-0.2, 0) is 21.2 Å². The van der Waals surface area contributed by atoms with Crippen molar-refractivity contribution in [2.45, 2.75) is 18.2 Å². The number of nitrogens with zero attached hydrogens (tertiary/aromatic N) is 1. The molecule has 0 radical (unpaired) electrons. The summed E-state index contributed by atoms with van der Waals surface area (Å²) in [5.41, 5.74) is 0.988. The number of aryl methyl sites for hydroxylation is 1. The van der Waals surface area contributed by atoms with Crippen molar-refractivity contribution < 1.29 is 17.9 Å². The molecule has 7 nitrogen and oxygen atoms in total. The third kappa shape index (κ3) is 4.03. The lowest BCUT2D eigenvalue weighted by atomic mass is 10.2. The number of hydrogen-bond donors (Lipinski definition) is 2. The first kappa shape index (κ1) is 16.4. The zero-order chi connectivity index (χ0) is 16.3. The number of thiazole rings is 1. The fraction of sp³-hybridized carbons (Fsp3) is 0.231. The Labute approximate surface area is 132 Å². The van der Waals surface area contributed by atoms with Crippen LogP contribution in [0.4, 0.5) is 5.69 Å². The van der Waals surface area contributed by atoms with Crippen molar-refractivity contribution in [3.05, 3.63) is 34.3 Å². The first-order valence-electron chi connectivity index (χ1n) is 6.21. The van der Waals surface area contributed by atoms with Gasteiger partial charge in [0.2, 0.25) is 15.9 Å². The molecular weight excluding hydrogens is 326 g/mol. The summed E-state index contributed by atoms with van der Waals surface area (Å²) in [6.45, 7) is 1.86. The van der Waals surface area contributed by atoms with E-state index in [1.807, 2.05) is 6.92 Å². The van der Waals surface area contributed by atoms with Crippen LogP contribution >= 0.6 is 11.3 Å². The second-order valence-electron chi connectivity index (χ2n) is 4.49. The Bertz CT molecular complexity index is 799. The summed E-state index contributed by atoms with van der Waals surface area (Å²) >= 11 is 1.46. The van der Waals surface area contributed by atoms with Gasteiger partial charge in [0.25, 0.3) is 0 Å². The first-order valence-corrected chi connectivity index (χ1v) is 8.64. The molecule has 3 N–H and O–H groups in total.